The van der Waals surface area contributed by atoms with E-state index < -0.39 is 6.10 Å². The predicted molar refractivity (Wildman–Crippen MR) is 69.7 cm³/mol. The zero-order valence-electron chi connectivity index (χ0n) is 10.5. The van der Waals surface area contributed by atoms with Crippen LogP contribution < -0.4 is 0 Å². The van der Waals surface area contributed by atoms with Crippen LogP contribution in [0.1, 0.15) is 49.7 Å². The SMILES string of the molecule is Cc1cc(Cl)c2nc(C(C)C)c(C(C)O)n2c1. The second-order valence-electron chi connectivity index (χ2n) is 4.77. The van der Waals surface area contributed by atoms with Crippen molar-refractivity contribution in [2.45, 2.75) is 39.7 Å². The molecule has 1 unspecified atom stereocenters. The average molecular weight is 253 g/mol. The van der Waals surface area contributed by atoms with Gasteiger partial charge in [-0.15, -0.1) is 0 Å². The maximum Gasteiger partial charge on any atom is 0.156 e. The number of aliphatic hydroxyl groups is 1. The normalized spacial score (nSPS) is 13.6. The van der Waals surface area contributed by atoms with Crippen LogP contribution >= 0.6 is 11.6 Å². The quantitative estimate of drug-likeness (QED) is 0.889. The van der Waals surface area contributed by atoms with E-state index in [0.29, 0.717) is 5.02 Å². The summed E-state index contributed by atoms with van der Waals surface area (Å²) < 4.78 is 1.90. The summed E-state index contributed by atoms with van der Waals surface area (Å²) in [7, 11) is 0. The van der Waals surface area contributed by atoms with Crippen molar-refractivity contribution in [3.63, 3.8) is 0 Å². The van der Waals surface area contributed by atoms with Crippen molar-refractivity contribution in [3.8, 4) is 0 Å². The minimum atomic E-state index is -0.555. The molecule has 2 aromatic heterocycles. The van der Waals surface area contributed by atoms with Gasteiger partial charge in [-0.2, -0.15) is 0 Å². The Hall–Kier alpha value is -1.06. The number of nitrogens with zero attached hydrogens (tertiary/aromatic N) is 2. The van der Waals surface area contributed by atoms with Gasteiger partial charge in [0.1, 0.15) is 0 Å². The van der Waals surface area contributed by atoms with Crippen LogP contribution in [-0.2, 0) is 0 Å². The van der Waals surface area contributed by atoms with Gasteiger partial charge in [0.15, 0.2) is 5.65 Å². The predicted octanol–water partition coefficient (Wildman–Crippen LogP) is 3.47. The molecule has 2 heterocycles. The van der Waals surface area contributed by atoms with Crippen LogP contribution in [0.4, 0.5) is 0 Å². The molecule has 0 saturated heterocycles. The lowest BCUT2D eigenvalue weighted by molar-refractivity contribution is 0.191. The van der Waals surface area contributed by atoms with E-state index in [0.717, 1.165) is 22.6 Å². The third-order valence-electron chi connectivity index (χ3n) is 2.82. The number of aliphatic hydroxyl groups excluding tert-OH is 1. The Kier molecular flexibility index (Phi) is 3.15. The van der Waals surface area contributed by atoms with Crippen LogP contribution in [0.5, 0.6) is 0 Å². The van der Waals surface area contributed by atoms with E-state index in [1.165, 1.54) is 0 Å². The maximum atomic E-state index is 9.92. The summed E-state index contributed by atoms with van der Waals surface area (Å²) in [5.41, 5.74) is 3.52. The monoisotopic (exact) mass is 252 g/mol. The van der Waals surface area contributed by atoms with Gasteiger partial charge < -0.3 is 5.11 Å². The molecule has 0 spiro atoms. The first kappa shape index (κ1) is 12.4. The van der Waals surface area contributed by atoms with Crippen molar-refractivity contribution in [3.05, 3.63) is 34.2 Å². The molecule has 0 aliphatic heterocycles. The Balaban J connectivity index is 2.85. The van der Waals surface area contributed by atoms with E-state index >= 15 is 0 Å². The summed E-state index contributed by atoms with van der Waals surface area (Å²) in [6, 6.07) is 1.89. The number of rotatable bonds is 2. The molecule has 1 atom stereocenters. The molecule has 2 rings (SSSR count). The first-order valence-corrected chi connectivity index (χ1v) is 6.15. The number of pyridine rings is 1. The summed E-state index contributed by atoms with van der Waals surface area (Å²) in [5, 5.41) is 10.5. The van der Waals surface area contributed by atoms with Crippen molar-refractivity contribution in [1.29, 1.82) is 0 Å². The maximum absolute atomic E-state index is 9.92. The van der Waals surface area contributed by atoms with Gasteiger partial charge >= 0.3 is 0 Å². The van der Waals surface area contributed by atoms with Crippen LogP contribution in [0, 0.1) is 6.92 Å². The molecule has 17 heavy (non-hydrogen) atoms. The van der Waals surface area contributed by atoms with Gasteiger partial charge in [-0.25, -0.2) is 4.98 Å². The van der Waals surface area contributed by atoms with E-state index in [9.17, 15) is 5.11 Å². The van der Waals surface area contributed by atoms with Gasteiger partial charge in [-0.05, 0) is 31.4 Å². The van der Waals surface area contributed by atoms with Crippen molar-refractivity contribution in [1.82, 2.24) is 9.38 Å². The highest BCUT2D eigenvalue weighted by Crippen LogP contribution is 2.29. The number of imidazole rings is 1. The number of aryl methyl sites for hydroxylation is 1. The Morgan fingerprint density at radius 1 is 1.35 bits per heavy atom. The van der Waals surface area contributed by atoms with Gasteiger partial charge in [-0.1, -0.05) is 25.4 Å². The molecule has 0 bridgehead atoms. The largest absolute Gasteiger partial charge is 0.387 e. The van der Waals surface area contributed by atoms with Gasteiger partial charge in [0.05, 0.1) is 22.5 Å². The number of halogens is 1. The summed E-state index contributed by atoms with van der Waals surface area (Å²) >= 11 is 6.19. The van der Waals surface area contributed by atoms with Crippen LogP contribution in [0.3, 0.4) is 0 Å². The molecule has 0 fully saturated rings. The third kappa shape index (κ3) is 2.05. The third-order valence-corrected chi connectivity index (χ3v) is 3.10. The van der Waals surface area contributed by atoms with Crippen molar-refractivity contribution in [2.24, 2.45) is 0 Å². The Morgan fingerprint density at radius 2 is 2.00 bits per heavy atom. The molecule has 4 heteroatoms. The highest BCUT2D eigenvalue weighted by Gasteiger charge is 2.20. The summed E-state index contributed by atoms with van der Waals surface area (Å²) in [4.78, 5) is 4.55. The fraction of sp³-hybridized carbons (Fsp3) is 0.462. The second kappa shape index (κ2) is 4.31. The minimum Gasteiger partial charge on any atom is -0.387 e. The highest BCUT2D eigenvalue weighted by atomic mass is 35.5. The van der Waals surface area contributed by atoms with Gasteiger partial charge in [0.2, 0.25) is 0 Å². The van der Waals surface area contributed by atoms with Crippen molar-refractivity contribution in [2.75, 3.05) is 0 Å². The van der Waals surface area contributed by atoms with E-state index in [1.807, 2.05) is 23.6 Å². The van der Waals surface area contributed by atoms with Crippen molar-refractivity contribution < 1.29 is 5.11 Å². The zero-order chi connectivity index (χ0) is 12.7. The molecule has 3 nitrogen and oxygen atoms in total. The molecular weight excluding hydrogens is 236 g/mol. The number of fused-ring (bicyclic) bond motifs is 1. The number of aromatic nitrogens is 2. The Morgan fingerprint density at radius 3 is 2.53 bits per heavy atom. The molecular formula is C13H17ClN2O. The molecule has 0 saturated carbocycles. The first-order chi connectivity index (χ1) is 7.91. The molecule has 0 radical (unpaired) electrons. The summed E-state index contributed by atoms with van der Waals surface area (Å²) in [6.45, 7) is 7.86. The highest BCUT2D eigenvalue weighted by molar-refractivity contribution is 6.33. The lowest BCUT2D eigenvalue weighted by Gasteiger charge is -2.10. The molecule has 2 aromatic rings. The lowest BCUT2D eigenvalue weighted by Crippen LogP contribution is -2.03. The molecule has 1 N–H and O–H groups in total. The minimum absolute atomic E-state index is 0.260. The van der Waals surface area contributed by atoms with E-state index in [-0.39, 0.29) is 5.92 Å². The van der Waals surface area contributed by atoms with Gasteiger partial charge in [0.25, 0.3) is 0 Å². The fourth-order valence-electron chi connectivity index (χ4n) is 2.11. The fourth-order valence-corrected chi connectivity index (χ4v) is 2.41. The topological polar surface area (TPSA) is 37.5 Å². The Labute approximate surface area is 106 Å². The van der Waals surface area contributed by atoms with Gasteiger partial charge in [0, 0.05) is 6.20 Å². The molecule has 92 valence electrons. The second-order valence-corrected chi connectivity index (χ2v) is 5.18. The van der Waals surface area contributed by atoms with E-state index in [4.69, 9.17) is 11.6 Å². The van der Waals surface area contributed by atoms with E-state index in [2.05, 4.69) is 18.8 Å². The Bertz CT molecular complexity index is 558. The summed E-state index contributed by atoms with van der Waals surface area (Å²) in [5.74, 6) is 0.260. The van der Waals surface area contributed by atoms with Crippen LogP contribution in [0.2, 0.25) is 5.02 Å². The van der Waals surface area contributed by atoms with Crippen LogP contribution in [0.15, 0.2) is 12.3 Å². The number of hydrogen-bond acceptors (Lipinski definition) is 2. The molecule has 0 amide bonds. The smallest absolute Gasteiger partial charge is 0.156 e. The molecule has 0 aliphatic rings. The van der Waals surface area contributed by atoms with Gasteiger partial charge in [-0.3, -0.25) is 4.40 Å². The van der Waals surface area contributed by atoms with E-state index in [1.54, 1.807) is 6.92 Å². The summed E-state index contributed by atoms with van der Waals surface area (Å²) in [6.07, 6.45) is 1.41. The molecule has 0 aliphatic carbocycles. The van der Waals surface area contributed by atoms with Crippen molar-refractivity contribution >= 4 is 17.2 Å². The standard InChI is InChI=1S/C13H17ClN2O/c1-7(2)11-12(9(4)17)16-6-8(3)5-10(14)13(16)15-11/h5-7,9,17H,1-4H3. The first-order valence-electron chi connectivity index (χ1n) is 5.78. The van der Waals surface area contributed by atoms with Crippen LogP contribution in [0.25, 0.3) is 5.65 Å². The lowest BCUT2D eigenvalue weighted by atomic mass is 10.1. The zero-order valence-corrected chi connectivity index (χ0v) is 11.3. The van der Waals surface area contributed by atoms with Crippen LogP contribution in [-0.4, -0.2) is 14.5 Å². The average Bonchev–Trinajstić information content (AvgIpc) is 2.56. The molecule has 0 aromatic carbocycles. The number of hydrogen-bond donors (Lipinski definition) is 1.